The standard InChI is InChI=1S/C20H13ClN2O3S2/c21-16-4-1-5-18(11-16)28(24,25)26-17-8-6-14(7-9-17)19-13-23-20(27-19)15-3-2-10-22-12-15/h1-13H. The number of hydrogen-bond donors (Lipinski definition) is 0. The second kappa shape index (κ2) is 7.71. The highest BCUT2D eigenvalue weighted by Gasteiger charge is 2.17. The lowest BCUT2D eigenvalue weighted by molar-refractivity contribution is 0.486. The number of pyridine rings is 1. The molecule has 0 radical (unpaired) electrons. The van der Waals surface area contributed by atoms with Crippen LogP contribution in [0.3, 0.4) is 0 Å². The molecule has 0 aliphatic rings. The highest BCUT2D eigenvalue weighted by Crippen LogP contribution is 2.32. The van der Waals surface area contributed by atoms with E-state index in [4.69, 9.17) is 15.8 Å². The molecular weight excluding hydrogens is 416 g/mol. The minimum absolute atomic E-state index is 0.00708. The lowest BCUT2D eigenvalue weighted by Gasteiger charge is -2.07. The summed E-state index contributed by atoms with van der Waals surface area (Å²) in [6.07, 6.45) is 5.26. The molecule has 0 aliphatic heterocycles. The lowest BCUT2D eigenvalue weighted by atomic mass is 10.2. The molecule has 2 aromatic heterocycles. The second-order valence-electron chi connectivity index (χ2n) is 5.79. The van der Waals surface area contributed by atoms with Gasteiger partial charge < -0.3 is 4.18 Å². The maximum atomic E-state index is 12.4. The first-order chi connectivity index (χ1) is 13.5. The van der Waals surface area contributed by atoms with Crippen LogP contribution in [0.2, 0.25) is 5.02 Å². The van der Waals surface area contributed by atoms with Crippen molar-refractivity contribution in [3.05, 3.63) is 84.3 Å². The Hall–Kier alpha value is -2.74. The van der Waals surface area contributed by atoms with Crippen molar-refractivity contribution in [2.75, 3.05) is 0 Å². The summed E-state index contributed by atoms with van der Waals surface area (Å²) < 4.78 is 29.9. The van der Waals surface area contributed by atoms with Gasteiger partial charge in [0.25, 0.3) is 0 Å². The van der Waals surface area contributed by atoms with Crippen molar-refractivity contribution in [3.63, 3.8) is 0 Å². The van der Waals surface area contributed by atoms with E-state index in [0.29, 0.717) is 5.02 Å². The predicted molar refractivity (Wildman–Crippen MR) is 110 cm³/mol. The van der Waals surface area contributed by atoms with Gasteiger partial charge in [-0.15, -0.1) is 11.3 Å². The molecule has 4 aromatic rings. The van der Waals surface area contributed by atoms with E-state index in [2.05, 4.69) is 9.97 Å². The molecule has 0 saturated carbocycles. The Labute approximate surface area is 171 Å². The summed E-state index contributed by atoms with van der Waals surface area (Å²) in [5.41, 5.74) is 1.87. The summed E-state index contributed by atoms with van der Waals surface area (Å²) >= 11 is 7.39. The Morgan fingerprint density at radius 1 is 0.929 bits per heavy atom. The molecule has 140 valence electrons. The van der Waals surface area contributed by atoms with E-state index in [1.807, 2.05) is 12.1 Å². The molecule has 0 aliphatic carbocycles. The first-order valence-corrected chi connectivity index (χ1v) is 10.8. The molecule has 0 unspecified atom stereocenters. The van der Waals surface area contributed by atoms with Crippen molar-refractivity contribution >= 4 is 33.1 Å². The Bertz CT molecular complexity index is 1210. The van der Waals surface area contributed by atoms with E-state index < -0.39 is 10.1 Å². The van der Waals surface area contributed by atoms with Gasteiger partial charge in [-0.1, -0.05) is 17.7 Å². The van der Waals surface area contributed by atoms with Gasteiger partial charge in [0.05, 0.1) is 4.88 Å². The van der Waals surface area contributed by atoms with E-state index in [-0.39, 0.29) is 10.6 Å². The zero-order valence-electron chi connectivity index (χ0n) is 14.3. The third-order valence-electron chi connectivity index (χ3n) is 3.84. The monoisotopic (exact) mass is 428 g/mol. The van der Waals surface area contributed by atoms with Crippen LogP contribution in [0.4, 0.5) is 0 Å². The molecule has 2 aromatic carbocycles. The van der Waals surface area contributed by atoms with Gasteiger partial charge in [-0.05, 0) is 60.2 Å². The molecule has 0 bridgehead atoms. The molecule has 28 heavy (non-hydrogen) atoms. The van der Waals surface area contributed by atoms with Crippen LogP contribution in [-0.2, 0) is 10.1 Å². The van der Waals surface area contributed by atoms with Crippen molar-refractivity contribution in [2.24, 2.45) is 0 Å². The quantitative estimate of drug-likeness (QED) is 0.404. The number of nitrogens with zero attached hydrogens (tertiary/aromatic N) is 2. The minimum Gasteiger partial charge on any atom is -0.379 e. The van der Waals surface area contributed by atoms with E-state index >= 15 is 0 Å². The fraction of sp³-hybridized carbons (Fsp3) is 0. The normalized spacial score (nSPS) is 11.3. The highest BCUT2D eigenvalue weighted by molar-refractivity contribution is 7.87. The molecule has 8 heteroatoms. The molecule has 0 atom stereocenters. The third-order valence-corrected chi connectivity index (χ3v) is 6.42. The first kappa shape index (κ1) is 18.6. The Kier molecular flexibility index (Phi) is 5.13. The van der Waals surface area contributed by atoms with Crippen molar-refractivity contribution in [2.45, 2.75) is 4.90 Å². The lowest BCUT2D eigenvalue weighted by Crippen LogP contribution is -2.09. The maximum absolute atomic E-state index is 12.4. The largest absolute Gasteiger partial charge is 0.379 e. The molecule has 0 spiro atoms. The summed E-state index contributed by atoms with van der Waals surface area (Å²) in [4.78, 5) is 9.50. The molecule has 5 nitrogen and oxygen atoms in total. The van der Waals surface area contributed by atoms with E-state index in [9.17, 15) is 8.42 Å². The van der Waals surface area contributed by atoms with Crippen LogP contribution >= 0.6 is 22.9 Å². The average Bonchev–Trinajstić information content (AvgIpc) is 3.19. The maximum Gasteiger partial charge on any atom is 0.339 e. The molecular formula is C20H13ClN2O3S2. The van der Waals surface area contributed by atoms with Crippen LogP contribution < -0.4 is 4.18 Å². The molecule has 0 N–H and O–H groups in total. The number of rotatable bonds is 5. The van der Waals surface area contributed by atoms with Gasteiger partial charge in [0.15, 0.2) is 0 Å². The van der Waals surface area contributed by atoms with Gasteiger partial charge in [-0.3, -0.25) is 4.98 Å². The van der Waals surface area contributed by atoms with E-state index in [1.54, 1.807) is 55.0 Å². The van der Waals surface area contributed by atoms with Crippen LogP contribution in [-0.4, -0.2) is 18.4 Å². The summed E-state index contributed by atoms with van der Waals surface area (Å²) in [5.74, 6) is 0.223. The van der Waals surface area contributed by atoms with Crippen molar-refractivity contribution < 1.29 is 12.6 Å². The topological polar surface area (TPSA) is 69.2 Å². The molecule has 4 rings (SSSR count). The SMILES string of the molecule is O=S(=O)(Oc1ccc(-c2cnc(-c3cccnc3)s2)cc1)c1cccc(Cl)c1. The Morgan fingerprint density at radius 2 is 1.75 bits per heavy atom. The van der Waals surface area contributed by atoms with Crippen LogP contribution in [0.15, 0.2) is 84.1 Å². The molecule has 0 saturated heterocycles. The fourth-order valence-corrected chi connectivity index (χ4v) is 4.65. The second-order valence-corrected chi connectivity index (χ2v) is 8.80. The van der Waals surface area contributed by atoms with E-state index in [1.165, 1.54) is 23.5 Å². The van der Waals surface area contributed by atoms with Crippen LogP contribution in [0.1, 0.15) is 0 Å². The smallest absolute Gasteiger partial charge is 0.339 e. The average molecular weight is 429 g/mol. The number of thiazole rings is 1. The number of hydrogen-bond acceptors (Lipinski definition) is 6. The Morgan fingerprint density at radius 3 is 2.46 bits per heavy atom. The number of aromatic nitrogens is 2. The van der Waals surface area contributed by atoms with Crippen LogP contribution in [0.5, 0.6) is 5.75 Å². The Balaban J connectivity index is 1.54. The van der Waals surface area contributed by atoms with Gasteiger partial charge in [0.1, 0.15) is 15.7 Å². The number of halogens is 1. The van der Waals surface area contributed by atoms with Crippen molar-refractivity contribution in [1.29, 1.82) is 0 Å². The molecule has 2 heterocycles. The van der Waals surface area contributed by atoms with Gasteiger partial charge in [-0.2, -0.15) is 8.42 Å². The van der Waals surface area contributed by atoms with E-state index in [0.717, 1.165) is 21.0 Å². The third kappa shape index (κ3) is 4.06. The van der Waals surface area contributed by atoms with Crippen LogP contribution in [0, 0.1) is 0 Å². The zero-order valence-corrected chi connectivity index (χ0v) is 16.7. The summed E-state index contributed by atoms with van der Waals surface area (Å²) in [7, 11) is -3.95. The minimum atomic E-state index is -3.95. The first-order valence-electron chi connectivity index (χ1n) is 8.18. The van der Waals surface area contributed by atoms with Crippen LogP contribution in [0.25, 0.3) is 21.0 Å². The van der Waals surface area contributed by atoms with Gasteiger partial charge in [0, 0.05) is 29.2 Å². The van der Waals surface area contributed by atoms with Gasteiger partial charge >= 0.3 is 10.1 Å². The van der Waals surface area contributed by atoms with Crippen molar-refractivity contribution in [1.82, 2.24) is 9.97 Å². The predicted octanol–water partition coefficient (Wildman–Crippen LogP) is 5.29. The number of benzene rings is 2. The molecule has 0 fully saturated rings. The fourth-order valence-electron chi connectivity index (χ4n) is 2.50. The van der Waals surface area contributed by atoms with Gasteiger partial charge in [0.2, 0.25) is 0 Å². The molecule has 0 amide bonds. The van der Waals surface area contributed by atoms with Crippen molar-refractivity contribution in [3.8, 4) is 26.8 Å². The summed E-state index contributed by atoms with van der Waals surface area (Å²) in [6, 6.07) is 16.6. The summed E-state index contributed by atoms with van der Waals surface area (Å²) in [5, 5.41) is 1.20. The van der Waals surface area contributed by atoms with Gasteiger partial charge in [-0.25, -0.2) is 4.98 Å². The highest BCUT2D eigenvalue weighted by atomic mass is 35.5. The summed E-state index contributed by atoms with van der Waals surface area (Å²) in [6.45, 7) is 0. The zero-order chi connectivity index (χ0) is 19.6.